The van der Waals surface area contributed by atoms with Gasteiger partial charge in [0.15, 0.2) is 5.78 Å². The molecule has 0 fully saturated rings. The number of carbonyl (C=O) groups excluding carboxylic acids is 1. The van der Waals surface area contributed by atoms with Crippen LogP contribution < -0.4 is 0 Å². The van der Waals surface area contributed by atoms with E-state index in [1.165, 1.54) is 0 Å². The van der Waals surface area contributed by atoms with Gasteiger partial charge in [0.05, 0.1) is 0 Å². The molecule has 0 spiro atoms. The second-order valence-electron chi connectivity index (χ2n) is 2.76. The Morgan fingerprint density at radius 2 is 2.07 bits per heavy atom. The highest BCUT2D eigenvalue weighted by molar-refractivity contribution is 14.1. The first-order chi connectivity index (χ1) is 6.70. The summed E-state index contributed by atoms with van der Waals surface area (Å²) >= 11 is 8.94. The SMILES string of the molecule is O=C(CCBr)c1cccc(I)c1CBr. The molecule has 1 rings (SSSR count). The lowest BCUT2D eigenvalue weighted by Gasteiger charge is -2.07. The molecule has 0 saturated heterocycles. The van der Waals surface area contributed by atoms with Crippen LogP contribution in [-0.4, -0.2) is 11.1 Å². The van der Waals surface area contributed by atoms with Gasteiger partial charge in [0.25, 0.3) is 0 Å². The van der Waals surface area contributed by atoms with Crippen LogP contribution in [0.15, 0.2) is 18.2 Å². The van der Waals surface area contributed by atoms with Crippen LogP contribution in [-0.2, 0) is 5.33 Å². The van der Waals surface area contributed by atoms with Gasteiger partial charge in [-0.1, -0.05) is 44.0 Å². The molecule has 0 amide bonds. The van der Waals surface area contributed by atoms with Crippen molar-refractivity contribution in [2.75, 3.05) is 5.33 Å². The van der Waals surface area contributed by atoms with E-state index in [9.17, 15) is 4.79 Å². The van der Waals surface area contributed by atoms with E-state index >= 15 is 0 Å². The van der Waals surface area contributed by atoms with Crippen LogP contribution in [0.5, 0.6) is 0 Å². The Morgan fingerprint density at radius 3 is 2.64 bits per heavy atom. The summed E-state index contributed by atoms with van der Waals surface area (Å²) in [6, 6.07) is 5.83. The molecule has 14 heavy (non-hydrogen) atoms. The molecular weight excluding hydrogens is 423 g/mol. The average Bonchev–Trinajstić information content (AvgIpc) is 2.17. The Kier molecular flexibility index (Phi) is 5.62. The molecule has 0 aliphatic carbocycles. The van der Waals surface area contributed by atoms with Crippen molar-refractivity contribution in [1.29, 1.82) is 0 Å². The molecule has 0 atom stereocenters. The van der Waals surface area contributed by atoms with Gasteiger partial charge in [-0.3, -0.25) is 4.79 Å². The maximum absolute atomic E-state index is 11.7. The number of ketones is 1. The third-order valence-corrected chi connectivity index (χ3v) is 3.84. The van der Waals surface area contributed by atoms with Crippen molar-refractivity contribution in [3.63, 3.8) is 0 Å². The van der Waals surface area contributed by atoms with Gasteiger partial charge in [0.1, 0.15) is 0 Å². The molecule has 0 saturated carbocycles. The maximum Gasteiger partial charge on any atom is 0.164 e. The molecule has 0 bridgehead atoms. The van der Waals surface area contributed by atoms with Crippen molar-refractivity contribution in [3.8, 4) is 0 Å². The first-order valence-corrected chi connectivity index (χ1v) is 7.45. The molecule has 0 aliphatic heterocycles. The van der Waals surface area contributed by atoms with E-state index < -0.39 is 0 Å². The predicted molar refractivity (Wildman–Crippen MR) is 74.5 cm³/mol. The normalized spacial score (nSPS) is 10.2. The largest absolute Gasteiger partial charge is 0.294 e. The van der Waals surface area contributed by atoms with Crippen LogP contribution in [0.2, 0.25) is 0 Å². The second-order valence-corrected chi connectivity index (χ2v) is 5.28. The zero-order valence-electron chi connectivity index (χ0n) is 7.40. The number of carbonyl (C=O) groups is 1. The average molecular weight is 432 g/mol. The van der Waals surface area contributed by atoms with E-state index in [0.29, 0.717) is 6.42 Å². The highest BCUT2D eigenvalue weighted by atomic mass is 127. The third-order valence-electron chi connectivity index (χ3n) is 1.87. The number of hydrogen-bond acceptors (Lipinski definition) is 1. The molecule has 76 valence electrons. The Labute approximate surface area is 114 Å². The van der Waals surface area contributed by atoms with Crippen LogP contribution >= 0.6 is 54.5 Å². The van der Waals surface area contributed by atoms with Crippen LogP contribution in [0.1, 0.15) is 22.3 Å². The minimum atomic E-state index is 0.204. The summed E-state index contributed by atoms with van der Waals surface area (Å²) < 4.78 is 1.14. The van der Waals surface area contributed by atoms with Crippen LogP contribution in [0, 0.1) is 3.57 Å². The zero-order valence-corrected chi connectivity index (χ0v) is 12.7. The van der Waals surface area contributed by atoms with Gasteiger partial charge in [0, 0.05) is 26.2 Å². The summed E-state index contributed by atoms with van der Waals surface area (Å²) in [5.41, 5.74) is 1.94. The van der Waals surface area contributed by atoms with E-state index in [-0.39, 0.29) is 5.78 Å². The van der Waals surface area contributed by atoms with Crippen LogP contribution in [0.25, 0.3) is 0 Å². The molecule has 0 radical (unpaired) electrons. The molecule has 4 heteroatoms. The van der Waals surface area contributed by atoms with E-state index in [1.807, 2.05) is 18.2 Å². The molecule has 0 unspecified atom stereocenters. The summed E-state index contributed by atoms with van der Waals surface area (Å²) in [6.45, 7) is 0. The fourth-order valence-electron chi connectivity index (χ4n) is 1.18. The molecule has 1 nitrogen and oxygen atoms in total. The van der Waals surface area contributed by atoms with E-state index in [0.717, 1.165) is 25.4 Å². The van der Waals surface area contributed by atoms with E-state index in [4.69, 9.17) is 0 Å². The van der Waals surface area contributed by atoms with Gasteiger partial charge < -0.3 is 0 Å². The first kappa shape index (κ1) is 12.6. The summed E-state index contributed by atoms with van der Waals surface area (Å²) in [4.78, 5) is 11.7. The molecule has 0 aromatic heterocycles. The quantitative estimate of drug-likeness (QED) is 0.397. The van der Waals surface area contributed by atoms with Crippen molar-refractivity contribution in [3.05, 3.63) is 32.9 Å². The highest BCUT2D eigenvalue weighted by Crippen LogP contribution is 2.21. The van der Waals surface area contributed by atoms with Gasteiger partial charge in [-0.15, -0.1) is 0 Å². The standard InChI is InChI=1S/C10H9Br2IO/c11-5-4-10(14)7-2-1-3-9(13)8(7)6-12/h1-3H,4-6H2. The summed E-state index contributed by atoms with van der Waals surface area (Å²) in [5.74, 6) is 0.204. The number of halogens is 3. The van der Waals surface area contributed by atoms with Crippen LogP contribution in [0.4, 0.5) is 0 Å². The van der Waals surface area contributed by atoms with Crippen molar-refractivity contribution in [2.45, 2.75) is 11.8 Å². The minimum absolute atomic E-state index is 0.204. The Hall–Kier alpha value is 0.580. The summed E-state index contributed by atoms with van der Waals surface area (Å²) in [5, 5.41) is 1.45. The van der Waals surface area contributed by atoms with Gasteiger partial charge in [-0.05, 0) is 34.2 Å². The Bertz CT molecular complexity index is 339. The van der Waals surface area contributed by atoms with Crippen molar-refractivity contribution in [1.82, 2.24) is 0 Å². The lowest BCUT2D eigenvalue weighted by molar-refractivity contribution is 0.0989. The molecule has 0 N–H and O–H groups in total. The lowest BCUT2D eigenvalue weighted by Crippen LogP contribution is -2.04. The molecule has 0 aliphatic rings. The topological polar surface area (TPSA) is 17.1 Å². The van der Waals surface area contributed by atoms with Crippen LogP contribution in [0.3, 0.4) is 0 Å². The molecule has 1 aromatic rings. The highest BCUT2D eigenvalue weighted by Gasteiger charge is 2.11. The number of Topliss-reactive ketones (excluding diaryl/α,β-unsaturated/α-hetero) is 1. The maximum atomic E-state index is 11.7. The fraction of sp³-hybridized carbons (Fsp3) is 0.300. The van der Waals surface area contributed by atoms with Gasteiger partial charge >= 0.3 is 0 Å². The van der Waals surface area contributed by atoms with Gasteiger partial charge in [0.2, 0.25) is 0 Å². The predicted octanol–water partition coefficient (Wildman–Crippen LogP) is 4.15. The zero-order chi connectivity index (χ0) is 10.6. The molecular formula is C10H9Br2IO. The number of benzene rings is 1. The Morgan fingerprint density at radius 1 is 1.36 bits per heavy atom. The van der Waals surface area contributed by atoms with E-state index in [2.05, 4.69) is 54.5 Å². The number of alkyl halides is 2. The minimum Gasteiger partial charge on any atom is -0.294 e. The molecule has 1 aromatic carbocycles. The Balaban J connectivity index is 3.07. The molecule has 0 heterocycles. The van der Waals surface area contributed by atoms with Gasteiger partial charge in [-0.2, -0.15) is 0 Å². The number of hydrogen-bond donors (Lipinski definition) is 0. The monoisotopic (exact) mass is 430 g/mol. The van der Waals surface area contributed by atoms with Crippen molar-refractivity contribution >= 4 is 60.2 Å². The first-order valence-electron chi connectivity index (χ1n) is 4.13. The number of rotatable bonds is 4. The summed E-state index contributed by atoms with van der Waals surface area (Å²) in [7, 11) is 0. The third kappa shape index (κ3) is 3.03. The smallest absolute Gasteiger partial charge is 0.164 e. The lowest BCUT2D eigenvalue weighted by atomic mass is 10.0. The van der Waals surface area contributed by atoms with Gasteiger partial charge in [-0.25, -0.2) is 0 Å². The fourth-order valence-corrected chi connectivity index (χ4v) is 3.35. The summed E-state index contributed by atoms with van der Waals surface area (Å²) in [6.07, 6.45) is 0.556. The van der Waals surface area contributed by atoms with E-state index in [1.54, 1.807) is 0 Å². The van der Waals surface area contributed by atoms with Crippen molar-refractivity contribution < 1.29 is 4.79 Å². The second kappa shape index (κ2) is 6.23. The van der Waals surface area contributed by atoms with Crippen molar-refractivity contribution in [2.24, 2.45) is 0 Å².